The van der Waals surface area contributed by atoms with Gasteiger partial charge in [-0.2, -0.15) is 30.4 Å². The van der Waals surface area contributed by atoms with Crippen LogP contribution in [0, 0.1) is 23.2 Å². The first-order valence-electron chi connectivity index (χ1n) is 7.39. The van der Waals surface area contributed by atoms with Crippen molar-refractivity contribution in [1.29, 1.82) is 0 Å². The van der Waals surface area contributed by atoms with Crippen LogP contribution in [0.3, 0.4) is 0 Å². The first-order valence-corrected chi connectivity index (χ1v) is 8.83. The molecule has 0 aromatic carbocycles. The number of esters is 1. The van der Waals surface area contributed by atoms with Crippen molar-refractivity contribution in [2.24, 2.45) is 23.2 Å². The summed E-state index contributed by atoms with van der Waals surface area (Å²) in [6.45, 7) is 0. The highest BCUT2D eigenvalue weighted by molar-refractivity contribution is 7.87. The summed E-state index contributed by atoms with van der Waals surface area (Å²) in [6.07, 6.45) is -5.61. The lowest BCUT2D eigenvalue weighted by molar-refractivity contribution is -0.289. The van der Waals surface area contributed by atoms with E-state index in [0.29, 0.717) is 12.8 Å². The monoisotopic (exact) mass is 378 g/mol. The number of hydrogen-bond donors (Lipinski definition) is 1. The van der Waals surface area contributed by atoms with Gasteiger partial charge in [0.15, 0.2) is 0 Å². The zero-order valence-electron chi connectivity index (χ0n) is 12.2. The van der Waals surface area contributed by atoms with Crippen LogP contribution in [0.5, 0.6) is 0 Å². The highest BCUT2D eigenvalue weighted by atomic mass is 32.2. The van der Waals surface area contributed by atoms with Crippen molar-refractivity contribution in [2.45, 2.75) is 49.6 Å². The Morgan fingerprint density at radius 1 is 1.04 bits per heavy atom. The second-order valence-electron chi connectivity index (χ2n) is 7.11. The summed E-state index contributed by atoms with van der Waals surface area (Å²) in [5.74, 6) is -4.12. The molecule has 0 spiro atoms. The molecule has 0 aliphatic heterocycles. The second-order valence-corrected chi connectivity index (χ2v) is 8.57. The van der Waals surface area contributed by atoms with Crippen molar-refractivity contribution < 1.29 is 44.5 Å². The van der Waals surface area contributed by atoms with E-state index in [4.69, 9.17) is 4.55 Å². The predicted molar refractivity (Wildman–Crippen MR) is 68.4 cm³/mol. The van der Waals surface area contributed by atoms with Crippen molar-refractivity contribution in [3.63, 3.8) is 0 Å². The Morgan fingerprint density at radius 3 is 1.96 bits per heavy atom. The molecular formula is C13H15F5O5S. The third-order valence-electron chi connectivity index (χ3n) is 5.59. The van der Waals surface area contributed by atoms with Crippen LogP contribution in [0.2, 0.25) is 0 Å². The van der Waals surface area contributed by atoms with Crippen LogP contribution in [0.1, 0.15) is 32.1 Å². The molecule has 11 heteroatoms. The number of halogens is 5. The van der Waals surface area contributed by atoms with Gasteiger partial charge in [-0.1, -0.05) is 0 Å². The SMILES string of the molecule is O=C(OC1C2CC3CC1CC(C(F)(F)F)(C3)C2)C(F)(F)S(=O)(=O)O. The molecule has 138 valence electrons. The van der Waals surface area contributed by atoms with Crippen LogP contribution >= 0.6 is 0 Å². The quantitative estimate of drug-likeness (QED) is 0.464. The minimum Gasteiger partial charge on any atom is -0.456 e. The molecule has 2 unspecified atom stereocenters. The molecule has 0 heterocycles. The van der Waals surface area contributed by atoms with Gasteiger partial charge in [0, 0.05) is 0 Å². The van der Waals surface area contributed by atoms with Gasteiger partial charge in [-0.25, -0.2) is 4.79 Å². The number of carbonyl (C=O) groups is 1. The number of rotatable bonds is 3. The molecule has 4 bridgehead atoms. The van der Waals surface area contributed by atoms with Crippen LogP contribution in [-0.4, -0.2) is 36.5 Å². The van der Waals surface area contributed by atoms with E-state index in [9.17, 15) is 35.2 Å². The molecule has 0 aromatic heterocycles. The summed E-state index contributed by atoms with van der Waals surface area (Å²) in [7, 11) is -6.00. The van der Waals surface area contributed by atoms with Crippen LogP contribution in [0.4, 0.5) is 22.0 Å². The normalized spacial score (nSPS) is 39.1. The average Bonchev–Trinajstić information content (AvgIpc) is 2.39. The molecule has 4 aliphatic rings. The molecule has 0 radical (unpaired) electrons. The Kier molecular flexibility index (Phi) is 3.74. The fourth-order valence-corrected chi connectivity index (χ4v) is 5.07. The summed E-state index contributed by atoms with van der Waals surface area (Å²) in [4.78, 5) is 11.4. The van der Waals surface area contributed by atoms with E-state index >= 15 is 0 Å². The summed E-state index contributed by atoms with van der Waals surface area (Å²) < 4.78 is 101. The molecule has 4 rings (SSSR count). The molecule has 0 saturated heterocycles. The van der Waals surface area contributed by atoms with Crippen molar-refractivity contribution >= 4 is 16.1 Å². The highest BCUT2D eigenvalue weighted by Crippen LogP contribution is 2.65. The van der Waals surface area contributed by atoms with Gasteiger partial charge in [0.25, 0.3) is 0 Å². The Bertz CT molecular complexity index is 642. The van der Waals surface area contributed by atoms with Gasteiger partial charge in [0.05, 0.1) is 5.41 Å². The Labute approximate surface area is 134 Å². The molecule has 4 saturated carbocycles. The van der Waals surface area contributed by atoms with Gasteiger partial charge in [0.1, 0.15) is 6.10 Å². The van der Waals surface area contributed by atoms with Gasteiger partial charge in [-0.15, -0.1) is 0 Å². The summed E-state index contributed by atoms with van der Waals surface area (Å²) in [6, 6.07) is 0. The second kappa shape index (κ2) is 5.03. The van der Waals surface area contributed by atoms with Crippen LogP contribution in [0.25, 0.3) is 0 Å². The molecule has 2 atom stereocenters. The third kappa shape index (κ3) is 2.51. The number of ether oxygens (including phenoxy) is 1. The molecule has 24 heavy (non-hydrogen) atoms. The van der Waals surface area contributed by atoms with E-state index in [1.54, 1.807) is 0 Å². The lowest BCUT2D eigenvalue weighted by atomic mass is 9.48. The zero-order chi connectivity index (χ0) is 18.1. The van der Waals surface area contributed by atoms with E-state index in [0.717, 1.165) is 0 Å². The highest BCUT2D eigenvalue weighted by Gasteiger charge is 2.67. The fourth-order valence-electron chi connectivity index (χ4n) is 4.81. The molecular weight excluding hydrogens is 363 g/mol. The van der Waals surface area contributed by atoms with Crippen molar-refractivity contribution in [2.75, 3.05) is 0 Å². The third-order valence-corrected chi connectivity index (χ3v) is 6.41. The van der Waals surface area contributed by atoms with Gasteiger partial charge in [-0.3, -0.25) is 4.55 Å². The lowest BCUT2D eigenvalue weighted by Gasteiger charge is -2.59. The van der Waals surface area contributed by atoms with Gasteiger partial charge < -0.3 is 4.74 Å². The van der Waals surface area contributed by atoms with Crippen LogP contribution in [0.15, 0.2) is 0 Å². The summed E-state index contributed by atoms with van der Waals surface area (Å²) in [5, 5.41) is -5.14. The Morgan fingerprint density at radius 2 is 1.54 bits per heavy atom. The standard InChI is InChI=1S/C13H15F5O5S/c14-12(15,24(20,21)22)10(19)23-9-7-1-6-2-8(9)5-11(3-6,4-7)13(16,17)18/h6-9H,1-5H2,(H,20,21,22). The van der Waals surface area contributed by atoms with Crippen LogP contribution in [-0.2, 0) is 19.6 Å². The maximum absolute atomic E-state index is 13.4. The molecule has 5 nitrogen and oxygen atoms in total. The first kappa shape index (κ1) is 17.8. The van der Waals surface area contributed by atoms with E-state index in [1.165, 1.54) is 0 Å². The van der Waals surface area contributed by atoms with Crippen LogP contribution < -0.4 is 0 Å². The number of carbonyl (C=O) groups excluding carboxylic acids is 1. The summed E-state index contributed by atoms with van der Waals surface area (Å²) in [5.41, 5.74) is -1.88. The van der Waals surface area contributed by atoms with E-state index < -0.39 is 50.9 Å². The van der Waals surface area contributed by atoms with Gasteiger partial charge >= 0.3 is 27.5 Å². The molecule has 4 aliphatic carbocycles. The maximum atomic E-state index is 13.4. The minimum atomic E-state index is -6.00. The first-order chi connectivity index (χ1) is 10.8. The minimum absolute atomic E-state index is 0.00859. The maximum Gasteiger partial charge on any atom is 0.465 e. The van der Waals surface area contributed by atoms with E-state index in [1.807, 2.05) is 0 Å². The zero-order valence-corrected chi connectivity index (χ0v) is 13.0. The predicted octanol–water partition coefficient (Wildman–Crippen LogP) is 2.77. The lowest BCUT2D eigenvalue weighted by Crippen LogP contribution is -2.60. The smallest absolute Gasteiger partial charge is 0.456 e. The summed E-state index contributed by atoms with van der Waals surface area (Å²) >= 11 is 0. The van der Waals surface area contributed by atoms with E-state index in [-0.39, 0.29) is 25.2 Å². The number of alkyl halides is 5. The largest absolute Gasteiger partial charge is 0.465 e. The Hall–Kier alpha value is -0.970. The van der Waals surface area contributed by atoms with Gasteiger partial charge in [-0.05, 0) is 49.9 Å². The number of hydrogen-bond acceptors (Lipinski definition) is 4. The topological polar surface area (TPSA) is 80.7 Å². The van der Waals surface area contributed by atoms with E-state index in [2.05, 4.69) is 4.74 Å². The molecule has 0 amide bonds. The Balaban J connectivity index is 1.81. The van der Waals surface area contributed by atoms with Crippen molar-refractivity contribution in [3.8, 4) is 0 Å². The molecule has 1 N–H and O–H groups in total. The van der Waals surface area contributed by atoms with Crippen molar-refractivity contribution in [1.82, 2.24) is 0 Å². The average molecular weight is 378 g/mol. The molecule has 0 aromatic rings. The fraction of sp³-hybridized carbons (Fsp3) is 0.923. The molecule has 4 fully saturated rings. The van der Waals surface area contributed by atoms with Crippen molar-refractivity contribution in [3.05, 3.63) is 0 Å². The van der Waals surface area contributed by atoms with Gasteiger partial charge in [0.2, 0.25) is 0 Å².